The molecule has 0 saturated carbocycles. The molecule has 0 N–H and O–H groups in total. The van der Waals surface area contributed by atoms with E-state index in [1.165, 1.54) is 18.3 Å². The van der Waals surface area contributed by atoms with Crippen molar-refractivity contribution in [1.82, 2.24) is 14.8 Å². The maximum Gasteiger partial charge on any atom is 0.416 e. The molecule has 1 amide bonds. The monoisotopic (exact) mass is 537 g/mol. The molecule has 1 fully saturated rings. The number of hydrogen-bond acceptors (Lipinski definition) is 4. The van der Waals surface area contributed by atoms with Crippen molar-refractivity contribution in [3.8, 4) is 0 Å². The number of ether oxygens (including phenoxy) is 1. The van der Waals surface area contributed by atoms with Crippen molar-refractivity contribution in [1.29, 1.82) is 0 Å². The minimum absolute atomic E-state index is 0.0911. The van der Waals surface area contributed by atoms with Gasteiger partial charge in [-0.2, -0.15) is 13.2 Å². The van der Waals surface area contributed by atoms with Crippen LogP contribution in [0.5, 0.6) is 0 Å². The van der Waals surface area contributed by atoms with Crippen LogP contribution in [0.15, 0.2) is 66.9 Å². The Morgan fingerprint density at radius 1 is 0.944 bits per heavy atom. The quantitative estimate of drug-likeness (QED) is 0.340. The fourth-order valence-corrected chi connectivity index (χ4v) is 4.21. The predicted molar refractivity (Wildman–Crippen MR) is 132 cm³/mol. The van der Waals surface area contributed by atoms with Crippen LogP contribution >= 0.6 is 23.2 Å². The number of carbonyl (C=O) groups excluding carboxylic acids is 1. The van der Waals surface area contributed by atoms with Crippen LogP contribution in [0.4, 0.5) is 13.2 Å². The number of nitrogens with zero attached hydrogens (tertiary/aromatic N) is 3. The number of piperazine rings is 1. The summed E-state index contributed by atoms with van der Waals surface area (Å²) in [6.07, 6.45) is -3.23. The van der Waals surface area contributed by atoms with Crippen LogP contribution in [-0.4, -0.2) is 53.4 Å². The maximum atomic E-state index is 12.9. The molecule has 5 nitrogen and oxygen atoms in total. The maximum absolute atomic E-state index is 12.9. The average Bonchev–Trinajstić information content (AvgIpc) is 2.87. The number of carbonyl (C=O) groups is 1. The highest BCUT2D eigenvalue weighted by Crippen LogP contribution is 2.30. The zero-order valence-electron chi connectivity index (χ0n) is 19.2. The Balaban J connectivity index is 1.38. The Labute approximate surface area is 217 Å². The molecule has 10 heteroatoms. The van der Waals surface area contributed by atoms with Crippen molar-refractivity contribution in [3.05, 3.63) is 99.3 Å². The molecule has 0 bridgehead atoms. The summed E-state index contributed by atoms with van der Waals surface area (Å²) >= 11 is 11.9. The van der Waals surface area contributed by atoms with E-state index in [0.29, 0.717) is 54.0 Å². The van der Waals surface area contributed by atoms with Crippen LogP contribution in [0.1, 0.15) is 33.2 Å². The SMILES string of the molecule is O=C(c1ccc(Cl)nc1)N1CCN(C[C@H](OCc2ccc(C(F)(F)F)cc2)c2ccc(Cl)cc2)CC1. The number of halogens is 5. The summed E-state index contributed by atoms with van der Waals surface area (Å²) in [6.45, 7) is 3.13. The van der Waals surface area contributed by atoms with Gasteiger partial charge in [-0.25, -0.2) is 4.98 Å². The predicted octanol–water partition coefficient (Wildman–Crippen LogP) is 6.12. The second-order valence-corrected chi connectivity index (χ2v) is 9.33. The van der Waals surface area contributed by atoms with Gasteiger partial charge in [0.1, 0.15) is 5.15 Å². The van der Waals surface area contributed by atoms with Crippen LogP contribution in [0.25, 0.3) is 0 Å². The Morgan fingerprint density at radius 3 is 2.19 bits per heavy atom. The number of alkyl halides is 3. The van der Waals surface area contributed by atoms with Gasteiger partial charge in [-0.05, 0) is 47.5 Å². The lowest BCUT2D eigenvalue weighted by Crippen LogP contribution is -2.49. The zero-order chi connectivity index (χ0) is 25.7. The van der Waals surface area contributed by atoms with Gasteiger partial charge in [-0.3, -0.25) is 9.69 Å². The van der Waals surface area contributed by atoms with E-state index in [-0.39, 0.29) is 18.6 Å². The first-order valence-corrected chi connectivity index (χ1v) is 12.1. The third kappa shape index (κ3) is 6.97. The largest absolute Gasteiger partial charge is 0.416 e. The van der Waals surface area contributed by atoms with E-state index in [4.69, 9.17) is 27.9 Å². The number of aromatic nitrogens is 1. The molecular weight excluding hydrogens is 514 g/mol. The van der Waals surface area contributed by atoms with Crippen molar-refractivity contribution >= 4 is 29.1 Å². The van der Waals surface area contributed by atoms with Crippen molar-refractivity contribution in [2.75, 3.05) is 32.7 Å². The standard InChI is InChI=1S/C26H24Cl2F3N3O2/c27-22-8-3-19(4-9-22)23(36-17-18-1-6-21(7-2-18)26(29,30)31)16-33-11-13-34(14-12-33)25(35)20-5-10-24(28)32-15-20/h1-10,15,23H,11-14,16-17H2/t23-/m0/s1. The molecule has 3 aromatic rings. The average molecular weight is 538 g/mol. The Hall–Kier alpha value is -2.65. The van der Waals surface area contributed by atoms with Gasteiger partial charge in [0.05, 0.1) is 23.8 Å². The highest BCUT2D eigenvalue weighted by molar-refractivity contribution is 6.30. The summed E-state index contributed by atoms with van der Waals surface area (Å²) < 4.78 is 44.7. The number of pyridine rings is 1. The second-order valence-electron chi connectivity index (χ2n) is 8.51. The lowest BCUT2D eigenvalue weighted by atomic mass is 10.1. The number of hydrogen-bond donors (Lipinski definition) is 0. The van der Waals surface area contributed by atoms with Crippen LogP contribution < -0.4 is 0 Å². The summed E-state index contributed by atoms with van der Waals surface area (Å²) in [4.78, 5) is 20.7. The van der Waals surface area contributed by atoms with Gasteiger partial charge in [-0.15, -0.1) is 0 Å². The lowest BCUT2D eigenvalue weighted by molar-refractivity contribution is -0.137. The molecule has 1 aromatic heterocycles. The van der Waals surface area contributed by atoms with Crippen LogP contribution in [0.3, 0.4) is 0 Å². The van der Waals surface area contributed by atoms with Crippen molar-refractivity contribution in [2.45, 2.75) is 18.9 Å². The van der Waals surface area contributed by atoms with E-state index in [2.05, 4.69) is 9.88 Å². The van der Waals surface area contributed by atoms with E-state index in [9.17, 15) is 18.0 Å². The van der Waals surface area contributed by atoms with Gasteiger partial charge in [0, 0.05) is 43.9 Å². The van der Waals surface area contributed by atoms with E-state index < -0.39 is 11.7 Å². The molecule has 0 unspecified atom stereocenters. The molecule has 1 atom stereocenters. The molecule has 0 spiro atoms. The molecule has 2 heterocycles. The van der Waals surface area contributed by atoms with Gasteiger partial charge in [0.25, 0.3) is 5.91 Å². The molecule has 190 valence electrons. The molecule has 1 aliphatic heterocycles. The van der Waals surface area contributed by atoms with Gasteiger partial charge in [0.15, 0.2) is 0 Å². The fourth-order valence-electron chi connectivity index (χ4n) is 3.97. The molecule has 1 aliphatic rings. The summed E-state index contributed by atoms with van der Waals surface area (Å²) in [5.74, 6) is -0.0911. The van der Waals surface area contributed by atoms with E-state index in [1.54, 1.807) is 29.2 Å². The van der Waals surface area contributed by atoms with Crippen LogP contribution in [0.2, 0.25) is 10.2 Å². The summed E-state index contributed by atoms with van der Waals surface area (Å²) in [6, 6.07) is 15.6. The van der Waals surface area contributed by atoms with E-state index in [0.717, 1.165) is 17.7 Å². The molecule has 2 aromatic carbocycles. The molecule has 36 heavy (non-hydrogen) atoms. The van der Waals surface area contributed by atoms with Crippen LogP contribution in [0, 0.1) is 0 Å². The lowest BCUT2D eigenvalue weighted by Gasteiger charge is -2.36. The number of amides is 1. The summed E-state index contributed by atoms with van der Waals surface area (Å²) in [5.41, 5.74) is 1.36. The fraction of sp³-hybridized carbons (Fsp3) is 0.308. The molecule has 0 aliphatic carbocycles. The Bertz CT molecular complexity index is 1150. The topological polar surface area (TPSA) is 45.7 Å². The summed E-state index contributed by atoms with van der Waals surface area (Å²) in [5, 5.41) is 0.935. The highest BCUT2D eigenvalue weighted by atomic mass is 35.5. The highest BCUT2D eigenvalue weighted by Gasteiger charge is 2.30. The van der Waals surface area contributed by atoms with Crippen molar-refractivity contribution < 1.29 is 22.7 Å². The summed E-state index contributed by atoms with van der Waals surface area (Å²) in [7, 11) is 0. The first-order chi connectivity index (χ1) is 17.2. The van der Waals surface area contributed by atoms with E-state index in [1.807, 2.05) is 12.1 Å². The zero-order valence-corrected chi connectivity index (χ0v) is 20.7. The first kappa shape index (κ1) is 26.4. The minimum atomic E-state index is -4.38. The normalized spacial score (nSPS) is 15.6. The molecule has 1 saturated heterocycles. The Kier molecular flexibility index (Phi) is 8.51. The molecule has 0 radical (unpaired) electrons. The van der Waals surface area contributed by atoms with Crippen molar-refractivity contribution in [3.63, 3.8) is 0 Å². The first-order valence-electron chi connectivity index (χ1n) is 11.4. The second kappa shape index (κ2) is 11.6. The third-order valence-corrected chi connectivity index (χ3v) is 6.51. The smallest absolute Gasteiger partial charge is 0.368 e. The van der Waals surface area contributed by atoms with Gasteiger partial charge in [0.2, 0.25) is 0 Å². The number of rotatable bonds is 7. The molecular formula is C26H24Cl2F3N3O2. The van der Waals surface area contributed by atoms with Gasteiger partial charge in [-0.1, -0.05) is 47.5 Å². The van der Waals surface area contributed by atoms with Gasteiger partial charge < -0.3 is 9.64 Å². The minimum Gasteiger partial charge on any atom is -0.368 e. The molecule has 4 rings (SSSR count). The Morgan fingerprint density at radius 2 is 1.61 bits per heavy atom. The van der Waals surface area contributed by atoms with E-state index >= 15 is 0 Å². The van der Waals surface area contributed by atoms with Crippen molar-refractivity contribution in [2.24, 2.45) is 0 Å². The third-order valence-electron chi connectivity index (χ3n) is 6.03. The van der Waals surface area contributed by atoms with Crippen LogP contribution in [-0.2, 0) is 17.5 Å². The number of benzene rings is 2. The van der Waals surface area contributed by atoms with Gasteiger partial charge >= 0.3 is 6.18 Å².